The highest BCUT2D eigenvalue weighted by Crippen LogP contribution is 2.29. The molecular formula is C14H9ClN2O3S. The zero-order valence-corrected chi connectivity index (χ0v) is 12.1. The van der Waals surface area contributed by atoms with Gasteiger partial charge in [0.1, 0.15) is 5.56 Å². The van der Waals surface area contributed by atoms with Crippen molar-refractivity contribution >= 4 is 44.7 Å². The Morgan fingerprint density at radius 2 is 2.14 bits per heavy atom. The molecule has 0 saturated heterocycles. The van der Waals surface area contributed by atoms with Crippen LogP contribution < -0.4 is 10.9 Å². The van der Waals surface area contributed by atoms with Gasteiger partial charge in [-0.2, -0.15) is 0 Å². The molecule has 3 aromatic rings. The number of hydrogen-bond acceptors (Lipinski definition) is 4. The van der Waals surface area contributed by atoms with Crippen LogP contribution in [0.25, 0.3) is 10.2 Å². The Hall–Kier alpha value is -2.31. The van der Waals surface area contributed by atoms with Crippen molar-refractivity contribution in [1.82, 2.24) is 4.98 Å². The number of aromatic nitrogens is 1. The monoisotopic (exact) mass is 320 g/mol. The van der Waals surface area contributed by atoms with Gasteiger partial charge in [-0.1, -0.05) is 17.7 Å². The van der Waals surface area contributed by atoms with Crippen LogP contribution in [0, 0.1) is 0 Å². The van der Waals surface area contributed by atoms with Crippen LogP contribution in [-0.2, 0) is 0 Å². The topological polar surface area (TPSA) is 82.2 Å². The van der Waals surface area contributed by atoms with E-state index in [4.69, 9.17) is 11.6 Å². The van der Waals surface area contributed by atoms with Gasteiger partial charge in [-0.3, -0.25) is 9.59 Å². The largest absolute Gasteiger partial charge is 0.505 e. The predicted molar refractivity (Wildman–Crippen MR) is 83.5 cm³/mol. The Morgan fingerprint density at radius 1 is 1.33 bits per heavy atom. The van der Waals surface area contributed by atoms with Crippen LogP contribution >= 0.6 is 22.9 Å². The van der Waals surface area contributed by atoms with Gasteiger partial charge in [0.15, 0.2) is 5.75 Å². The number of amides is 1. The average molecular weight is 321 g/mol. The first kappa shape index (κ1) is 13.7. The number of carbonyl (C=O) groups is 1. The van der Waals surface area contributed by atoms with Crippen molar-refractivity contribution in [3.63, 3.8) is 0 Å². The summed E-state index contributed by atoms with van der Waals surface area (Å²) in [5.41, 5.74) is -0.0118. The lowest BCUT2D eigenvalue weighted by Gasteiger charge is -2.07. The van der Waals surface area contributed by atoms with Crippen LogP contribution in [-0.4, -0.2) is 16.0 Å². The van der Waals surface area contributed by atoms with E-state index in [1.807, 2.05) is 0 Å². The van der Waals surface area contributed by atoms with Gasteiger partial charge in [0.2, 0.25) is 0 Å². The minimum absolute atomic E-state index is 0.315. The number of aromatic hydroxyl groups is 1. The second-order valence-electron chi connectivity index (χ2n) is 4.31. The SMILES string of the molecule is O=C(Nc1cccc(Cl)c1)c1c(O)c2sccc2[nH]c1=O. The maximum Gasteiger partial charge on any atom is 0.265 e. The van der Waals surface area contributed by atoms with Crippen molar-refractivity contribution in [1.29, 1.82) is 0 Å². The summed E-state index contributed by atoms with van der Waals surface area (Å²) in [6.07, 6.45) is 0. The number of fused-ring (bicyclic) bond motifs is 1. The molecule has 0 aliphatic rings. The smallest absolute Gasteiger partial charge is 0.265 e. The van der Waals surface area contributed by atoms with E-state index in [-0.39, 0.29) is 11.3 Å². The number of halogens is 1. The van der Waals surface area contributed by atoms with Gasteiger partial charge in [-0.15, -0.1) is 11.3 Å². The third-order valence-corrected chi connectivity index (χ3v) is 4.06. The minimum Gasteiger partial charge on any atom is -0.505 e. The highest BCUT2D eigenvalue weighted by atomic mass is 35.5. The maximum absolute atomic E-state index is 12.2. The average Bonchev–Trinajstić information content (AvgIpc) is 2.87. The number of rotatable bonds is 2. The van der Waals surface area contributed by atoms with Crippen LogP contribution in [0.15, 0.2) is 40.5 Å². The zero-order chi connectivity index (χ0) is 15.0. The van der Waals surface area contributed by atoms with Crippen LogP contribution in [0.1, 0.15) is 10.4 Å². The van der Waals surface area contributed by atoms with Crippen LogP contribution in [0.3, 0.4) is 0 Å². The molecular weight excluding hydrogens is 312 g/mol. The highest BCUT2D eigenvalue weighted by molar-refractivity contribution is 7.17. The van der Waals surface area contributed by atoms with E-state index in [0.717, 1.165) is 0 Å². The fourth-order valence-electron chi connectivity index (χ4n) is 1.97. The Bertz CT molecular complexity index is 901. The number of anilines is 1. The summed E-state index contributed by atoms with van der Waals surface area (Å²) in [5.74, 6) is -1.01. The van der Waals surface area contributed by atoms with Gasteiger partial charge >= 0.3 is 0 Å². The third kappa shape index (κ3) is 2.51. The number of hydrogen-bond donors (Lipinski definition) is 3. The molecule has 106 valence electrons. The molecule has 0 unspecified atom stereocenters. The first-order valence-electron chi connectivity index (χ1n) is 5.95. The van der Waals surface area contributed by atoms with E-state index in [0.29, 0.717) is 20.9 Å². The Morgan fingerprint density at radius 3 is 2.90 bits per heavy atom. The van der Waals surface area contributed by atoms with E-state index < -0.39 is 11.5 Å². The Labute approximate surface area is 127 Å². The maximum atomic E-state index is 12.2. The number of aromatic amines is 1. The lowest BCUT2D eigenvalue weighted by Crippen LogP contribution is -2.23. The van der Waals surface area contributed by atoms with Crippen molar-refractivity contribution in [3.8, 4) is 5.75 Å². The van der Waals surface area contributed by atoms with Gasteiger partial charge in [0, 0.05) is 10.7 Å². The lowest BCUT2D eigenvalue weighted by atomic mass is 10.2. The van der Waals surface area contributed by atoms with Crippen molar-refractivity contribution in [2.45, 2.75) is 0 Å². The van der Waals surface area contributed by atoms with E-state index in [9.17, 15) is 14.7 Å². The standard InChI is InChI=1S/C14H9ClN2O3S/c15-7-2-1-3-8(6-7)16-13(19)10-11(18)12-9(4-5-21-12)17-14(10)20/h1-6H,(H,16,19)(H2,17,18,20). The molecule has 5 nitrogen and oxygen atoms in total. The Kier molecular flexibility index (Phi) is 3.40. The first-order chi connectivity index (χ1) is 10.1. The minimum atomic E-state index is -0.689. The van der Waals surface area contributed by atoms with Crippen molar-refractivity contribution in [2.24, 2.45) is 0 Å². The molecule has 0 radical (unpaired) electrons. The molecule has 7 heteroatoms. The number of thiophene rings is 1. The number of nitrogens with one attached hydrogen (secondary N) is 2. The van der Waals surface area contributed by atoms with Crippen LogP contribution in [0.4, 0.5) is 5.69 Å². The van der Waals surface area contributed by atoms with E-state index in [1.54, 1.807) is 35.7 Å². The van der Waals surface area contributed by atoms with E-state index in [2.05, 4.69) is 10.3 Å². The summed E-state index contributed by atoms with van der Waals surface area (Å²) < 4.78 is 0.464. The fourth-order valence-corrected chi connectivity index (χ4v) is 2.96. The molecule has 0 fully saturated rings. The van der Waals surface area contributed by atoms with E-state index in [1.165, 1.54) is 11.3 Å². The second kappa shape index (κ2) is 5.23. The van der Waals surface area contributed by atoms with Gasteiger partial charge < -0.3 is 15.4 Å². The van der Waals surface area contributed by atoms with Crippen molar-refractivity contribution in [3.05, 3.63) is 56.7 Å². The number of H-pyrrole nitrogens is 1. The molecule has 0 atom stereocenters. The second-order valence-corrected chi connectivity index (χ2v) is 5.66. The number of pyridine rings is 1. The zero-order valence-electron chi connectivity index (χ0n) is 10.5. The molecule has 0 aliphatic carbocycles. The summed E-state index contributed by atoms with van der Waals surface area (Å²) in [4.78, 5) is 26.7. The first-order valence-corrected chi connectivity index (χ1v) is 7.21. The normalized spacial score (nSPS) is 10.7. The summed E-state index contributed by atoms with van der Waals surface area (Å²) >= 11 is 7.08. The molecule has 0 bridgehead atoms. The number of carbonyl (C=O) groups excluding carboxylic acids is 1. The highest BCUT2D eigenvalue weighted by Gasteiger charge is 2.20. The molecule has 0 aliphatic heterocycles. The molecule has 0 spiro atoms. The Balaban J connectivity index is 2.03. The molecule has 2 aromatic heterocycles. The molecule has 2 heterocycles. The van der Waals surface area contributed by atoms with Gasteiger partial charge in [0.25, 0.3) is 11.5 Å². The molecule has 1 amide bonds. The van der Waals surface area contributed by atoms with Crippen molar-refractivity contribution in [2.75, 3.05) is 5.32 Å². The molecule has 0 saturated carbocycles. The molecule has 3 N–H and O–H groups in total. The van der Waals surface area contributed by atoms with Crippen LogP contribution in [0.5, 0.6) is 5.75 Å². The quantitative estimate of drug-likeness (QED) is 0.678. The van der Waals surface area contributed by atoms with Crippen molar-refractivity contribution < 1.29 is 9.90 Å². The summed E-state index contributed by atoms with van der Waals surface area (Å²) in [7, 11) is 0. The van der Waals surface area contributed by atoms with Crippen LogP contribution in [0.2, 0.25) is 5.02 Å². The number of benzene rings is 1. The fraction of sp³-hybridized carbons (Fsp3) is 0. The summed E-state index contributed by atoms with van der Waals surface area (Å²) in [5, 5.41) is 14.8. The van der Waals surface area contributed by atoms with Gasteiger partial charge in [-0.05, 0) is 29.6 Å². The van der Waals surface area contributed by atoms with E-state index >= 15 is 0 Å². The lowest BCUT2D eigenvalue weighted by molar-refractivity contribution is 0.102. The molecule has 21 heavy (non-hydrogen) atoms. The summed E-state index contributed by atoms with van der Waals surface area (Å²) in [6, 6.07) is 8.19. The predicted octanol–water partition coefficient (Wildman–Crippen LogP) is 3.20. The summed E-state index contributed by atoms with van der Waals surface area (Å²) in [6.45, 7) is 0. The molecule has 3 rings (SSSR count). The van der Waals surface area contributed by atoms with Gasteiger partial charge in [-0.25, -0.2) is 0 Å². The molecule has 1 aromatic carbocycles. The van der Waals surface area contributed by atoms with Gasteiger partial charge in [0.05, 0.1) is 10.2 Å². The third-order valence-electron chi connectivity index (χ3n) is 2.90.